The SMILES string of the molecule is CCCCC/C=C/CN(C/C=C/CCCCC)CC(=O)[O-].[Na+]. The Labute approximate surface area is 159 Å². The molecule has 0 aromatic heterocycles. The van der Waals surface area contributed by atoms with Gasteiger partial charge in [-0.15, -0.1) is 0 Å². The van der Waals surface area contributed by atoms with Crippen molar-refractivity contribution in [1.29, 1.82) is 0 Å². The van der Waals surface area contributed by atoms with E-state index in [1.807, 2.05) is 4.90 Å². The van der Waals surface area contributed by atoms with Gasteiger partial charge in [0.1, 0.15) is 0 Å². The normalized spacial score (nSPS) is 11.4. The molecule has 0 aliphatic carbocycles. The van der Waals surface area contributed by atoms with E-state index in [0.717, 1.165) is 12.8 Å². The van der Waals surface area contributed by atoms with Gasteiger partial charge in [0.2, 0.25) is 0 Å². The number of allylic oxidation sites excluding steroid dienone is 2. The number of carboxylic acid groups (broad SMARTS) is 1. The quantitative estimate of drug-likeness (QED) is 0.263. The van der Waals surface area contributed by atoms with E-state index in [9.17, 15) is 9.90 Å². The average Bonchev–Trinajstić information content (AvgIpc) is 2.45. The standard InChI is InChI=1S/C18H33NO2.Na/c1-3-5-7-9-11-13-15-19(17-18(20)21)16-14-12-10-8-6-4-2;/h11-14H,3-10,15-17H2,1-2H3,(H,20,21);/q;+1/p-1/b13-11+,14-12+;. The number of aliphatic carboxylic acids is 1. The molecule has 0 heterocycles. The Morgan fingerprint density at radius 3 is 1.68 bits per heavy atom. The third kappa shape index (κ3) is 18.0. The molecule has 0 rings (SSSR count). The van der Waals surface area contributed by atoms with Crippen LogP contribution in [0.4, 0.5) is 0 Å². The summed E-state index contributed by atoms with van der Waals surface area (Å²) in [6.07, 6.45) is 18.0. The van der Waals surface area contributed by atoms with Crippen molar-refractivity contribution in [3.63, 3.8) is 0 Å². The molecule has 122 valence electrons. The predicted octanol–water partition coefficient (Wildman–Crippen LogP) is 0.315. The van der Waals surface area contributed by atoms with Crippen LogP contribution >= 0.6 is 0 Å². The number of carbonyl (C=O) groups excluding carboxylic acids is 1. The zero-order valence-corrected chi connectivity index (χ0v) is 16.9. The van der Waals surface area contributed by atoms with Gasteiger partial charge in [-0.05, 0) is 25.7 Å². The van der Waals surface area contributed by atoms with Crippen LogP contribution in [0.25, 0.3) is 0 Å². The minimum atomic E-state index is -1.01. The summed E-state index contributed by atoms with van der Waals surface area (Å²) in [5.74, 6) is -1.01. The summed E-state index contributed by atoms with van der Waals surface area (Å²) in [5, 5.41) is 10.8. The summed E-state index contributed by atoms with van der Waals surface area (Å²) in [6, 6.07) is 0. The summed E-state index contributed by atoms with van der Waals surface area (Å²) in [6.45, 7) is 5.74. The first kappa shape index (κ1) is 24.2. The molecule has 3 nitrogen and oxygen atoms in total. The van der Waals surface area contributed by atoms with Crippen molar-refractivity contribution in [2.75, 3.05) is 19.6 Å². The van der Waals surface area contributed by atoms with Crippen molar-refractivity contribution in [3.05, 3.63) is 24.3 Å². The maximum atomic E-state index is 10.8. The molecule has 0 aromatic rings. The van der Waals surface area contributed by atoms with Crippen LogP contribution in [0.15, 0.2) is 24.3 Å². The molecule has 0 aliphatic heterocycles. The molecule has 0 saturated carbocycles. The van der Waals surface area contributed by atoms with E-state index in [1.165, 1.54) is 38.5 Å². The van der Waals surface area contributed by atoms with Gasteiger partial charge in [0, 0.05) is 19.6 Å². The number of carbonyl (C=O) groups is 1. The van der Waals surface area contributed by atoms with E-state index in [-0.39, 0.29) is 36.1 Å². The fourth-order valence-electron chi connectivity index (χ4n) is 2.09. The van der Waals surface area contributed by atoms with Crippen LogP contribution in [0, 0.1) is 0 Å². The van der Waals surface area contributed by atoms with Gasteiger partial charge >= 0.3 is 29.6 Å². The van der Waals surface area contributed by atoms with Crippen molar-refractivity contribution in [2.24, 2.45) is 0 Å². The second-order valence-electron chi connectivity index (χ2n) is 5.50. The van der Waals surface area contributed by atoms with E-state index in [4.69, 9.17) is 0 Å². The molecule has 0 amide bonds. The van der Waals surface area contributed by atoms with Gasteiger partial charge in [-0.25, -0.2) is 0 Å². The molecule has 0 aromatic carbocycles. The summed E-state index contributed by atoms with van der Waals surface area (Å²) in [7, 11) is 0. The molecule has 0 radical (unpaired) electrons. The van der Waals surface area contributed by atoms with E-state index in [2.05, 4.69) is 38.2 Å². The molecule has 0 saturated heterocycles. The Bertz CT molecular complexity index is 281. The van der Waals surface area contributed by atoms with Crippen molar-refractivity contribution >= 4 is 5.97 Å². The van der Waals surface area contributed by atoms with Gasteiger partial charge in [-0.3, -0.25) is 4.90 Å². The topological polar surface area (TPSA) is 43.4 Å². The Morgan fingerprint density at radius 1 is 0.864 bits per heavy atom. The number of rotatable bonds is 14. The Hall–Kier alpha value is -0.0900. The molecule has 22 heavy (non-hydrogen) atoms. The van der Waals surface area contributed by atoms with E-state index >= 15 is 0 Å². The number of nitrogens with zero attached hydrogens (tertiary/aromatic N) is 1. The Balaban J connectivity index is 0. The molecular weight excluding hydrogens is 285 g/mol. The molecule has 0 aliphatic rings. The van der Waals surface area contributed by atoms with Crippen molar-refractivity contribution in [2.45, 2.75) is 65.2 Å². The zero-order valence-electron chi connectivity index (χ0n) is 14.9. The van der Waals surface area contributed by atoms with Gasteiger partial charge in [-0.2, -0.15) is 0 Å². The number of carboxylic acids is 1. The van der Waals surface area contributed by atoms with E-state index in [1.54, 1.807) is 0 Å². The molecule has 0 unspecified atom stereocenters. The summed E-state index contributed by atoms with van der Waals surface area (Å²) in [4.78, 5) is 12.6. The van der Waals surface area contributed by atoms with Crippen LogP contribution in [0.5, 0.6) is 0 Å². The predicted molar refractivity (Wildman–Crippen MR) is 88.0 cm³/mol. The van der Waals surface area contributed by atoms with Crippen LogP contribution in [0.3, 0.4) is 0 Å². The van der Waals surface area contributed by atoms with Gasteiger partial charge in [0.15, 0.2) is 0 Å². The smallest absolute Gasteiger partial charge is 0.549 e. The minimum absolute atomic E-state index is 0. The fourth-order valence-corrected chi connectivity index (χ4v) is 2.09. The minimum Gasteiger partial charge on any atom is -0.549 e. The van der Waals surface area contributed by atoms with Crippen molar-refractivity contribution < 1.29 is 39.5 Å². The Morgan fingerprint density at radius 2 is 1.32 bits per heavy atom. The first-order chi connectivity index (χ1) is 10.2. The van der Waals surface area contributed by atoms with Gasteiger partial charge in [0.05, 0.1) is 5.97 Å². The summed E-state index contributed by atoms with van der Waals surface area (Å²) >= 11 is 0. The molecule has 4 heteroatoms. The number of hydrogen-bond donors (Lipinski definition) is 0. The van der Waals surface area contributed by atoms with Gasteiger partial charge < -0.3 is 9.90 Å². The van der Waals surface area contributed by atoms with Crippen LogP contribution in [-0.2, 0) is 4.79 Å². The number of hydrogen-bond acceptors (Lipinski definition) is 3. The molecule has 0 fully saturated rings. The zero-order chi connectivity index (χ0) is 15.8. The molecule has 0 atom stereocenters. The summed E-state index contributed by atoms with van der Waals surface area (Å²) in [5.41, 5.74) is 0. The van der Waals surface area contributed by atoms with Crippen molar-refractivity contribution in [1.82, 2.24) is 4.90 Å². The van der Waals surface area contributed by atoms with Crippen LogP contribution in [0.1, 0.15) is 65.2 Å². The second-order valence-corrected chi connectivity index (χ2v) is 5.50. The average molecular weight is 317 g/mol. The monoisotopic (exact) mass is 317 g/mol. The van der Waals surface area contributed by atoms with E-state index < -0.39 is 5.97 Å². The largest absolute Gasteiger partial charge is 1.00 e. The molecule has 0 spiro atoms. The third-order valence-corrected chi connectivity index (χ3v) is 3.36. The van der Waals surface area contributed by atoms with Crippen molar-refractivity contribution in [3.8, 4) is 0 Å². The first-order valence-electron chi connectivity index (χ1n) is 8.42. The van der Waals surface area contributed by atoms with Crippen LogP contribution < -0.4 is 34.7 Å². The third-order valence-electron chi connectivity index (χ3n) is 3.36. The van der Waals surface area contributed by atoms with Crippen LogP contribution in [0.2, 0.25) is 0 Å². The molecule has 0 N–H and O–H groups in total. The number of unbranched alkanes of at least 4 members (excludes halogenated alkanes) is 6. The van der Waals surface area contributed by atoms with Gasteiger partial charge in [-0.1, -0.05) is 63.8 Å². The van der Waals surface area contributed by atoms with Gasteiger partial charge in [0.25, 0.3) is 0 Å². The van der Waals surface area contributed by atoms with Crippen LogP contribution in [-0.4, -0.2) is 30.5 Å². The van der Waals surface area contributed by atoms with E-state index in [0.29, 0.717) is 13.1 Å². The molecule has 0 bridgehead atoms. The summed E-state index contributed by atoms with van der Waals surface area (Å²) < 4.78 is 0. The fraction of sp³-hybridized carbons (Fsp3) is 0.722. The first-order valence-corrected chi connectivity index (χ1v) is 8.42. The second kappa shape index (κ2) is 19.0. The molecular formula is C18H32NNaO2. The maximum absolute atomic E-state index is 10.8. The Kier molecular flexibility index (Phi) is 20.8. The maximum Gasteiger partial charge on any atom is 1.00 e.